The molecular weight excluding hydrogens is 362 g/mol. The van der Waals surface area contributed by atoms with Gasteiger partial charge in [0.15, 0.2) is 5.96 Å². The zero-order valence-electron chi connectivity index (χ0n) is 19.1. The van der Waals surface area contributed by atoms with Crippen LogP contribution in [0.1, 0.15) is 65.2 Å². The molecule has 0 amide bonds. The molecule has 3 fully saturated rings. The minimum absolute atomic E-state index is 0.247. The Bertz CT molecular complexity index is 478. The Morgan fingerprint density at radius 3 is 2.38 bits per heavy atom. The van der Waals surface area contributed by atoms with Crippen molar-refractivity contribution in [1.82, 2.24) is 20.4 Å². The molecule has 0 spiro atoms. The molecular formula is C23H45N5O. The zero-order valence-corrected chi connectivity index (χ0v) is 19.1. The number of hydrogen-bond donors (Lipinski definition) is 2. The number of nitrogens with one attached hydrogen (secondary N) is 2. The number of hydrogen-bond acceptors (Lipinski definition) is 4. The molecule has 0 aromatic heterocycles. The van der Waals surface area contributed by atoms with Crippen molar-refractivity contribution >= 4 is 5.96 Å². The molecule has 168 valence electrons. The van der Waals surface area contributed by atoms with Crippen molar-refractivity contribution in [3.05, 3.63) is 0 Å². The van der Waals surface area contributed by atoms with E-state index in [1.54, 1.807) is 0 Å². The summed E-state index contributed by atoms with van der Waals surface area (Å²) in [6.07, 6.45) is 10.6. The number of nitrogens with zero attached hydrogens (tertiary/aromatic N) is 3. The third-order valence-electron chi connectivity index (χ3n) is 7.34. The average molecular weight is 408 g/mol. The molecule has 0 bridgehead atoms. The summed E-state index contributed by atoms with van der Waals surface area (Å²) in [7, 11) is 0. The van der Waals surface area contributed by atoms with Crippen LogP contribution in [0.2, 0.25) is 0 Å². The van der Waals surface area contributed by atoms with Gasteiger partial charge in [0.1, 0.15) is 0 Å². The Hall–Kier alpha value is -0.850. The number of ether oxygens (including phenoxy) is 1. The second-order valence-corrected chi connectivity index (χ2v) is 9.17. The predicted octanol–water partition coefficient (Wildman–Crippen LogP) is 2.70. The maximum absolute atomic E-state index is 5.62. The standard InChI is InChI=1S/C23H45N5O/c1-3-24-22(25-13-8-21-9-14-27(4-2)15-10-21)26-20-23(11-6-5-7-12-23)28-16-18-29-19-17-28/h21H,3-20H2,1-2H3,(H2,24,25,26). The van der Waals surface area contributed by atoms with Crippen molar-refractivity contribution < 1.29 is 4.74 Å². The van der Waals surface area contributed by atoms with Gasteiger partial charge in [-0.2, -0.15) is 0 Å². The van der Waals surface area contributed by atoms with Crippen LogP contribution in [0, 0.1) is 5.92 Å². The summed E-state index contributed by atoms with van der Waals surface area (Å²) in [5.41, 5.74) is 0.247. The first kappa shape index (κ1) is 22.8. The minimum atomic E-state index is 0.247. The second kappa shape index (κ2) is 12.1. The summed E-state index contributed by atoms with van der Waals surface area (Å²) in [5.74, 6) is 1.88. The van der Waals surface area contributed by atoms with E-state index in [0.717, 1.165) is 57.8 Å². The van der Waals surface area contributed by atoms with Crippen LogP contribution in [0.5, 0.6) is 0 Å². The number of morpholine rings is 1. The highest BCUT2D eigenvalue weighted by molar-refractivity contribution is 5.79. The lowest BCUT2D eigenvalue weighted by molar-refractivity contribution is -0.0333. The molecule has 2 aliphatic heterocycles. The fourth-order valence-corrected chi connectivity index (χ4v) is 5.38. The monoisotopic (exact) mass is 407 g/mol. The minimum Gasteiger partial charge on any atom is -0.379 e. The molecule has 0 radical (unpaired) electrons. The zero-order chi connectivity index (χ0) is 20.4. The van der Waals surface area contributed by atoms with Gasteiger partial charge in [-0.15, -0.1) is 0 Å². The summed E-state index contributed by atoms with van der Waals surface area (Å²) in [6.45, 7) is 14.9. The van der Waals surface area contributed by atoms with Crippen LogP contribution in [0.4, 0.5) is 0 Å². The molecule has 2 saturated heterocycles. The van der Waals surface area contributed by atoms with E-state index in [-0.39, 0.29) is 5.54 Å². The van der Waals surface area contributed by atoms with Crippen molar-refractivity contribution in [3.63, 3.8) is 0 Å². The lowest BCUT2D eigenvalue weighted by Gasteiger charge is -2.47. The van der Waals surface area contributed by atoms with Gasteiger partial charge in [0.05, 0.1) is 19.8 Å². The molecule has 2 heterocycles. The highest BCUT2D eigenvalue weighted by Crippen LogP contribution is 2.34. The lowest BCUT2D eigenvalue weighted by atomic mass is 9.80. The molecule has 0 atom stereocenters. The van der Waals surface area contributed by atoms with E-state index in [1.807, 2.05) is 0 Å². The van der Waals surface area contributed by atoms with Gasteiger partial charge >= 0.3 is 0 Å². The molecule has 2 N–H and O–H groups in total. The molecule has 29 heavy (non-hydrogen) atoms. The number of likely N-dealkylation sites (tertiary alicyclic amines) is 1. The third-order valence-corrected chi connectivity index (χ3v) is 7.34. The SMILES string of the molecule is CCNC(=NCC1(N2CCOCC2)CCCCC1)NCCC1CCN(CC)CC1. The van der Waals surface area contributed by atoms with Crippen LogP contribution in [-0.2, 0) is 4.74 Å². The average Bonchev–Trinajstić information content (AvgIpc) is 2.79. The van der Waals surface area contributed by atoms with Crippen LogP contribution in [0.15, 0.2) is 4.99 Å². The number of aliphatic imine (C=N–C) groups is 1. The molecule has 1 aliphatic carbocycles. The molecule has 6 nitrogen and oxygen atoms in total. The normalized spacial score (nSPS) is 25.1. The van der Waals surface area contributed by atoms with Gasteiger partial charge in [-0.25, -0.2) is 0 Å². The summed E-state index contributed by atoms with van der Waals surface area (Å²) in [5, 5.41) is 7.12. The Labute approximate surface area is 178 Å². The maximum Gasteiger partial charge on any atom is 0.191 e. The molecule has 0 unspecified atom stereocenters. The van der Waals surface area contributed by atoms with E-state index in [4.69, 9.17) is 9.73 Å². The number of rotatable bonds is 8. The van der Waals surface area contributed by atoms with Crippen molar-refractivity contribution in [2.45, 2.75) is 70.8 Å². The van der Waals surface area contributed by atoms with E-state index in [0.29, 0.717) is 0 Å². The molecule has 3 aliphatic rings. The maximum atomic E-state index is 5.62. The van der Waals surface area contributed by atoms with Crippen LogP contribution < -0.4 is 10.6 Å². The summed E-state index contributed by atoms with van der Waals surface area (Å²) in [4.78, 5) is 10.4. The van der Waals surface area contributed by atoms with Gasteiger partial charge in [-0.1, -0.05) is 26.2 Å². The smallest absolute Gasteiger partial charge is 0.191 e. The van der Waals surface area contributed by atoms with Crippen LogP contribution in [0.25, 0.3) is 0 Å². The Balaban J connectivity index is 1.51. The van der Waals surface area contributed by atoms with E-state index in [1.165, 1.54) is 71.0 Å². The molecule has 1 saturated carbocycles. The van der Waals surface area contributed by atoms with Gasteiger partial charge in [-0.05, 0) is 64.6 Å². The van der Waals surface area contributed by atoms with Gasteiger partial charge in [0.25, 0.3) is 0 Å². The fourth-order valence-electron chi connectivity index (χ4n) is 5.38. The topological polar surface area (TPSA) is 52.1 Å². The van der Waals surface area contributed by atoms with Crippen molar-refractivity contribution in [3.8, 4) is 0 Å². The van der Waals surface area contributed by atoms with Gasteiger partial charge in [0.2, 0.25) is 0 Å². The van der Waals surface area contributed by atoms with Crippen molar-refractivity contribution in [2.75, 3.05) is 65.6 Å². The first-order chi connectivity index (χ1) is 14.3. The first-order valence-electron chi connectivity index (χ1n) is 12.3. The molecule has 0 aromatic rings. The highest BCUT2D eigenvalue weighted by atomic mass is 16.5. The molecule has 6 heteroatoms. The Morgan fingerprint density at radius 1 is 1.00 bits per heavy atom. The van der Waals surface area contributed by atoms with Gasteiger partial charge < -0.3 is 20.3 Å². The molecule has 3 rings (SSSR count). The van der Waals surface area contributed by atoms with Gasteiger partial charge in [0, 0.05) is 31.7 Å². The van der Waals surface area contributed by atoms with Crippen LogP contribution >= 0.6 is 0 Å². The summed E-state index contributed by atoms with van der Waals surface area (Å²) in [6, 6.07) is 0. The highest BCUT2D eigenvalue weighted by Gasteiger charge is 2.38. The first-order valence-corrected chi connectivity index (χ1v) is 12.3. The lowest BCUT2D eigenvalue weighted by Crippen LogP contribution is -2.56. The number of guanidine groups is 1. The Morgan fingerprint density at radius 2 is 1.72 bits per heavy atom. The largest absolute Gasteiger partial charge is 0.379 e. The number of piperidine rings is 1. The fraction of sp³-hybridized carbons (Fsp3) is 0.957. The summed E-state index contributed by atoms with van der Waals surface area (Å²) >= 11 is 0. The van der Waals surface area contributed by atoms with Gasteiger partial charge in [-0.3, -0.25) is 9.89 Å². The third kappa shape index (κ3) is 6.83. The van der Waals surface area contributed by atoms with E-state index < -0.39 is 0 Å². The molecule has 0 aromatic carbocycles. The quantitative estimate of drug-likeness (QED) is 0.479. The van der Waals surface area contributed by atoms with Crippen molar-refractivity contribution in [2.24, 2.45) is 10.9 Å². The van der Waals surface area contributed by atoms with E-state index in [2.05, 4.69) is 34.3 Å². The summed E-state index contributed by atoms with van der Waals surface area (Å²) < 4.78 is 5.62. The Kier molecular flexibility index (Phi) is 9.53. The van der Waals surface area contributed by atoms with Crippen LogP contribution in [-0.4, -0.2) is 86.9 Å². The van der Waals surface area contributed by atoms with Crippen LogP contribution in [0.3, 0.4) is 0 Å². The van der Waals surface area contributed by atoms with Crippen molar-refractivity contribution in [1.29, 1.82) is 0 Å². The van der Waals surface area contributed by atoms with E-state index in [9.17, 15) is 0 Å². The van der Waals surface area contributed by atoms with E-state index >= 15 is 0 Å². The second-order valence-electron chi connectivity index (χ2n) is 9.17. The predicted molar refractivity (Wildman–Crippen MR) is 122 cm³/mol.